The molecule has 1 rings (SSSR count). The summed E-state index contributed by atoms with van der Waals surface area (Å²) in [4.78, 5) is 11.0. The molecule has 0 aliphatic carbocycles. The fourth-order valence-electron chi connectivity index (χ4n) is 2.01. The Labute approximate surface area is 145 Å². The zero-order valence-corrected chi connectivity index (χ0v) is 13.8. The fraction of sp³-hybridized carbons (Fsp3) is 0.429. The number of anilines is 1. The highest BCUT2D eigenvalue weighted by Gasteiger charge is 2.59. The number of halogens is 5. The predicted octanol–water partition coefficient (Wildman–Crippen LogP) is 3.29. The topological polar surface area (TPSA) is 91.2 Å². The van der Waals surface area contributed by atoms with E-state index >= 15 is 0 Å². The molecule has 1 aromatic carbocycles. The van der Waals surface area contributed by atoms with E-state index in [1.54, 1.807) is 0 Å². The summed E-state index contributed by atoms with van der Waals surface area (Å²) in [5.74, 6) is -4.96. The number of carboxylic acids is 1. The molecule has 6 nitrogen and oxygen atoms in total. The Morgan fingerprint density at radius 3 is 2.52 bits per heavy atom. The molecule has 0 amide bonds. The Hall–Kier alpha value is -2.07. The number of rotatable bonds is 7. The molecule has 2 atom stereocenters. The molecule has 11 heteroatoms. The van der Waals surface area contributed by atoms with Crippen molar-refractivity contribution in [3.8, 4) is 5.75 Å². The lowest BCUT2D eigenvalue weighted by molar-refractivity contribution is -0.248. The van der Waals surface area contributed by atoms with E-state index in [0.717, 1.165) is 12.1 Å². The number of hydrogen-bond acceptors (Lipinski definition) is 5. The van der Waals surface area contributed by atoms with Gasteiger partial charge in [-0.15, -0.1) is 0 Å². The molecular weight excluding hydrogens is 372 g/mol. The first-order chi connectivity index (χ1) is 11.5. The van der Waals surface area contributed by atoms with Gasteiger partial charge in [0.05, 0.1) is 30.0 Å². The highest BCUT2D eigenvalue weighted by molar-refractivity contribution is 6.32. The SMILES string of the molecule is CCC(C(=O)O)C(O)(/C=N/Nc1cc(OC)c(Cl)cc1F)C(F)(F)F. The van der Waals surface area contributed by atoms with E-state index in [2.05, 4.69) is 5.10 Å². The molecule has 1 aromatic rings. The number of aliphatic carboxylic acids is 1. The van der Waals surface area contributed by atoms with Crippen molar-refractivity contribution in [2.75, 3.05) is 12.5 Å². The van der Waals surface area contributed by atoms with Crippen LogP contribution in [0.25, 0.3) is 0 Å². The van der Waals surface area contributed by atoms with Crippen LogP contribution in [0.1, 0.15) is 13.3 Å². The van der Waals surface area contributed by atoms with Crippen LogP contribution >= 0.6 is 11.6 Å². The summed E-state index contributed by atoms with van der Waals surface area (Å²) in [6.07, 6.45) is -5.84. The van der Waals surface area contributed by atoms with Crippen molar-refractivity contribution in [3.05, 3.63) is 23.0 Å². The van der Waals surface area contributed by atoms with Crippen LogP contribution in [-0.2, 0) is 4.79 Å². The number of hydrogen-bond donors (Lipinski definition) is 3. The number of carboxylic acid groups (broad SMARTS) is 1. The monoisotopic (exact) mass is 386 g/mol. The maximum absolute atomic E-state index is 13.7. The first-order valence-electron chi connectivity index (χ1n) is 6.83. The van der Waals surface area contributed by atoms with Gasteiger partial charge in [-0.3, -0.25) is 10.2 Å². The summed E-state index contributed by atoms with van der Waals surface area (Å²) in [7, 11) is 1.24. The minimum Gasteiger partial charge on any atom is -0.495 e. The molecule has 0 heterocycles. The maximum Gasteiger partial charge on any atom is 0.423 e. The predicted molar refractivity (Wildman–Crippen MR) is 82.5 cm³/mol. The van der Waals surface area contributed by atoms with E-state index in [0.29, 0.717) is 0 Å². The van der Waals surface area contributed by atoms with Gasteiger partial charge >= 0.3 is 12.1 Å². The average molecular weight is 387 g/mol. The molecule has 0 saturated heterocycles. The second kappa shape index (κ2) is 7.87. The van der Waals surface area contributed by atoms with Crippen molar-refractivity contribution in [2.45, 2.75) is 25.1 Å². The zero-order chi connectivity index (χ0) is 19.4. The number of ether oxygens (including phenoxy) is 1. The molecule has 0 spiro atoms. The lowest BCUT2D eigenvalue weighted by atomic mass is 9.85. The van der Waals surface area contributed by atoms with E-state index < -0.39 is 35.9 Å². The Balaban J connectivity index is 3.17. The van der Waals surface area contributed by atoms with Crippen LogP contribution in [-0.4, -0.2) is 41.3 Å². The summed E-state index contributed by atoms with van der Waals surface area (Å²) < 4.78 is 58.0. The van der Waals surface area contributed by atoms with Gasteiger partial charge in [0, 0.05) is 6.07 Å². The van der Waals surface area contributed by atoms with Crippen molar-refractivity contribution < 1.29 is 37.3 Å². The molecule has 0 aliphatic rings. The highest BCUT2D eigenvalue weighted by atomic mass is 35.5. The molecule has 0 aliphatic heterocycles. The van der Waals surface area contributed by atoms with Gasteiger partial charge < -0.3 is 14.9 Å². The molecule has 0 bridgehead atoms. The lowest BCUT2D eigenvalue weighted by Crippen LogP contribution is -2.55. The second-order valence-corrected chi connectivity index (χ2v) is 5.37. The number of methoxy groups -OCH3 is 1. The zero-order valence-electron chi connectivity index (χ0n) is 13.1. The van der Waals surface area contributed by atoms with Crippen molar-refractivity contribution in [3.63, 3.8) is 0 Å². The Morgan fingerprint density at radius 1 is 1.48 bits per heavy atom. The number of hydrazone groups is 1. The third kappa shape index (κ3) is 4.51. The van der Waals surface area contributed by atoms with Gasteiger partial charge in [0.1, 0.15) is 11.6 Å². The standard InChI is InChI=1S/C14H15ClF4N2O4/c1-3-7(12(22)23)13(24,14(17,18)19)6-20-21-10-5-11(25-2)8(15)4-9(10)16/h4-7,21,24H,3H2,1-2H3,(H,22,23)/b20-6+. The molecule has 2 unspecified atom stereocenters. The van der Waals surface area contributed by atoms with Crippen LogP contribution in [0.3, 0.4) is 0 Å². The number of benzene rings is 1. The minimum atomic E-state index is -5.31. The first-order valence-corrected chi connectivity index (χ1v) is 7.20. The second-order valence-electron chi connectivity index (χ2n) is 4.96. The first kappa shape index (κ1) is 21.0. The van der Waals surface area contributed by atoms with Gasteiger partial charge in [0.25, 0.3) is 0 Å². The van der Waals surface area contributed by atoms with Gasteiger partial charge in [-0.1, -0.05) is 18.5 Å². The number of alkyl halides is 3. The molecular formula is C14H15ClF4N2O4. The number of nitrogens with zero attached hydrogens (tertiary/aromatic N) is 1. The third-order valence-electron chi connectivity index (χ3n) is 3.38. The Kier molecular flexibility index (Phi) is 6.61. The molecule has 0 aromatic heterocycles. The summed E-state index contributed by atoms with van der Waals surface area (Å²) in [5.41, 5.74) is -2.16. The Morgan fingerprint density at radius 2 is 2.08 bits per heavy atom. The van der Waals surface area contributed by atoms with Crippen molar-refractivity contribution in [1.82, 2.24) is 0 Å². The molecule has 3 N–H and O–H groups in total. The van der Waals surface area contributed by atoms with Crippen LogP contribution in [0.15, 0.2) is 17.2 Å². The van der Waals surface area contributed by atoms with Crippen LogP contribution in [0.5, 0.6) is 5.75 Å². The summed E-state index contributed by atoms with van der Waals surface area (Å²) in [5, 5.41) is 21.8. The maximum atomic E-state index is 13.7. The number of aliphatic hydroxyl groups is 1. The lowest BCUT2D eigenvalue weighted by Gasteiger charge is -2.31. The molecule has 0 fully saturated rings. The summed E-state index contributed by atoms with van der Waals surface area (Å²) >= 11 is 5.68. The smallest absolute Gasteiger partial charge is 0.423 e. The van der Waals surface area contributed by atoms with Crippen molar-refractivity contribution in [2.24, 2.45) is 11.0 Å². The van der Waals surface area contributed by atoms with Crippen molar-refractivity contribution >= 4 is 29.5 Å². The fourth-order valence-corrected chi connectivity index (χ4v) is 2.23. The molecule has 25 heavy (non-hydrogen) atoms. The number of nitrogens with one attached hydrogen (secondary N) is 1. The molecule has 0 saturated carbocycles. The van der Waals surface area contributed by atoms with Gasteiger partial charge in [-0.2, -0.15) is 18.3 Å². The van der Waals surface area contributed by atoms with Crippen LogP contribution in [0.4, 0.5) is 23.2 Å². The quantitative estimate of drug-likeness (QED) is 0.380. The van der Waals surface area contributed by atoms with Gasteiger partial charge in [0.15, 0.2) is 0 Å². The normalized spacial score (nSPS) is 15.7. The highest BCUT2D eigenvalue weighted by Crippen LogP contribution is 2.37. The van der Waals surface area contributed by atoms with E-state index in [-0.39, 0.29) is 22.7 Å². The van der Waals surface area contributed by atoms with E-state index in [9.17, 15) is 27.5 Å². The van der Waals surface area contributed by atoms with Crippen LogP contribution < -0.4 is 10.2 Å². The van der Waals surface area contributed by atoms with Crippen LogP contribution in [0.2, 0.25) is 5.02 Å². The average Bonchev–Trinajstić information content (AvgIpc) is 2.48. The van der Waals surface area contributed by atoms with E-state index in [4.69, 9.17) is 21.4 Å². The van der Waals surface area contributed by atoms with Gasteiger partial charge in [0.2, 0.25) is 5.60 Å². The molecule has 0 radical (unpaired) electrons. The Bertz CT molecular complexity index is 669. The van der Waals surface area contributed by atoms with Crippen molar-refractivity contribution in [1.29, 1.82) is 0 Å². The largest absolute Gasteiger partial charge is 0.495 e. The summed E-state index contributed by atoms with van der Waals surface area (Å²) in [6.45, 7) is 1.17. The van der Waals surface area contributed by atoms with Gasteiger partial charge in [-0.25, -0.2) is 4.39 Å². The minimum absolute atomic E-state index is 0.0180. The molecule has 140 valence electrons. The van der Waals surface area contributed by atoms with E-state index in [1.165, 1.54) is 14.0 Å². The number of carbonyl (C=O) groups is 1. The summed E-state index contributed by atoms with van der Waals surface area (Å²) in [6, 6.07) is 1.89. The third-order valence-corrected chi connectivity index (χ3v) is 3.67. The van der Waals surface area contributed by atoms with Crippen LogP contribution in [0, 0.1) is 11.7 Å². The van der Waals surface area contributed by atoms with Gasteiger partial charge in [-0.05, 0) is 12.5 Å². The van der Waals surface area contributed by atoms with E-state index in [1.807, 2.05) is 5.43 Å².